The van der Waals surface area contributed by atoms with Gasteiger partial charge in [-0.3, -0.25) is 14.5 Å². The SMILES string of the molecule is O=[N+]([O-])c1ccc(Cl)c(OCCCF)c1. The van der Waals surface area contributed by atoms with Crippen LogP contribution in [-0.2, 0) is 0 Å². The fourth-order valence-corrected chi connectivity index (χ4v) is 1.13. The summed E-state index contributed by atoms with van der Waals surface area (Å²) in [5.41, 5.74) is -0.102. The summed E-state index contributed by atoms with van der Waals surface area (Å²) < 4.78 is 16.9. The zero-order valence-corrected chi connectivity index (χ0v) is 8.54. The minimum atomic E-state index is -0.543. The summed E-state index contributed by atoms with van der Waals surface area (Å²) in [5.74, 6) is 0.208. The minimum absolute atomic E-state index is 0.102. The number of non-ortho nitro benzene ring substituents is 1. The van der Waals surface area contributed by atoms with E-state index in [1.807, 2.05) is 0 Å². The third kappa shape index (κ3) is 3.36. The van der Waals surface area contributed by atoms with Crippen molar-refractivity contribution in [2.75, 3.05) is 13.3 Å². The first-order valence-corrected chi connectivity index (χ1v) is 4.65. The molecule has 1 rings (SSSR count). The molecule has 0 unspecified atom stereocenters. The topological polar surface area (TPSA) is 52.4 Å². The van der Waals surface area contributed by atoms with E-state index in [0.717, 1.165) is 0 Å². The normalized spacial score (nSPS) is 10.0. The highest BCUT2D eigenvalue weighted by Gasteiger charge is 2.10. The van der Waals surface area contributed by atoms with E-state index in [2.05, 4.69) is 0 Å². The number of rotatable bonds is 5. The number of hydrogen-bond acceptors (Lipinski definition) is 3. The van der Waals surface area contributed by atoms with Crippen LogP contribution in [0.15, 0.2) is 18.2 Å². The summed E-state index contributed by atoms with van der Waals surface area (Å²) in [7, 11) is 0. The smallest absolute Gasteiger partial charge is 0.273 e. The lowest BCUT2D eigenvalue weighted by Gasteiger charge is -2.06. The van der Waals surface area contributed by atoms with Gasteiger partial charge in [-0.1, -0.05) is 11.6 Å². The quantitative estimate of drug-likeness (QED) is 0.446. The van der Waals surface area contributed by atoms with Crippen LogP contribution < -0.4 is 4.74 Å². The molecule has 1 aromatic carbocycles. The average molecular weight is 234 g/mol. The largest absolute Gasteiger partial charge is 0.492 e. The molecule has 0 aliphatic rings. The van der Waals surface area contributed by atoms with Crippen molar-refractivity contribution in [1.29, 1.82) is 0 Å². The highest BCUT2D eigenvalue weighted by atomic mass is 35.5. The molecule has 6 heteroatoms. The predicted octanol–water partition coefficient (Wildman–Crippen LogP) is 2.99. The molecule has 0 heterocycles. The molecule has 0 atom stereocenters. The number of ether oxygens (including phenoxy) is 1. The second kappa shape index (κ2) is 5.50. The third-order valence-corrected chi connectivity index (χ3v) is 1.97. The van der Waals surface area contributed by atoms with Crippen molar-refractivity contribution >= 4 is 17.3 Å². The van der Waals surface area contributed by atoms with Crippen LogP contribution in [0, 0.1) is 10.1 Å². The number of nitrogens with zero attached hydrogens (tertiary/aromatic N) is 1. The Bertz CT molecular complexity index is 359. The molecule has 1 aromatic rings. The first-order valence-electron chi connectivity index (χ1n) is 4.28. The standard InChI is InChI=1S/C9H9ClFNO3/c10-8-3-2-7(12(13)14)6-9(8)15-5-1-4-11/h2-3,6H,1,4-5H2. The molecule has 0 saturated carbocycles. The number of benzene rings is 1. The van der Waals surface area contributed by atoms with Gasteiger partial charge in [0, 0.05) is 12.5 Å². The summed E-state index contributed by atoms with van der Waals surface area (Å²) >= 11 is 5.74. The van der Waals surface area contributed by atoms with Gasteiger partial charge in [-0.05, 0) is 6.07 Å². The Balaban J connectivity index is 2.76. The summed E-state index contributed by atoms with van der Waals surface area (Å²) in [6, 6.07) is 3.88. The zero-order valence-electron chi connectivity index (χ0n) is 7.78. The Kier molecular flexibility index (Phi) is 4.30. The Labute approximate surface area is 90.8 Å². The number of hydrogen-bond donors (Lipinski definition) is 0. The summed E-state index contributed by atoms with van der Waals surface area (Å²) in [6.07, 6.45) is 0.235. The Morgan fingerprint density at radius 3 is 2.87 bits per heavy atom. The number of halogens is 2. The van der Waals surface area contributed by atoms with E-state index in [1.165, 1.54) is 18.2 Å². The molecule has 82 valence electrons. The maximum Gasteiger partial charge on any atom is 0.273 e. The summed E-state index contributed by atoms with van der Waals surface area (Å²) in [5, 5.41) is 10.7. The van der Waals surface area contributed by atoms with Crippen molar-refractivity contribution in [1.82, 2.24) is 0 Å². The predicted molar refractivity (Wildman–Crippen MR) is 54.2 cm³/mol. The van der Waals surface area contributed by atoms with Gasteiger partial charge in [-0.25, -0.2) is 0 Å². The fraction of sp³-hybridized carbons (Fsp3) is 0.333. The van der Waals surface area contributed by atoms with Crippen molar-refractivity contribution < 1.29 is 14.1 Å². The lowest BCUT2D eigenvalue weighted by Crippen LogP contribution is -1.99. The number of alkyl halides is 1. The van der Waals surface area contributed by atoms with E-state index in [-0.39, 0.29) is 29.5 Å². The van der Waals surface area contributed by atoms with E-state index in [9.17, 15) is 14.5 Å². The third-order valence-electron chi connectivity index (χ3n) is 1.66. The van der Waals surface area contributed by atoms with Crippen LogP contribution in [0.25, 0.3) is 0 Å². The molecule has 0 fully saturated rings. The Morgan fingerprint density at radius 1 is 1.53 bits per heavy atom. The molecule has 15 heavy (non-hydrogen) atoms. The van der Waals surface area contributed by atoms with Gasteiger partial charge in [0.25, 0.3) is 5.69 Å². The van der Waals surface area contributed by atoms with Gasteiger partial charge in [-0.2, -0.15) is 0 Å². The number of nitro groups is 1. The van der Waals surface area contributed by atoms with Crippen LogP contribution in [0.2, 0.25) is 5.02 Å². The van der Waals surface area contributed by atoms with Gasteiger partial charge >= 0.3 is 0 Å². The summed E-state index contributed by atoms with van der Waals surface area (Å²) in [4.78, 5) is 9.90. The molecule has 0 aliphatic heterocycles. The van der Waals surface area contributed by atoms with Gasteiger partial charge in [0.1, 0.15) is 5.75 Å². The lowest BCUT2D eigenvalue weighted by atomic mass is 10.3. The van der Waals surface area contributed by atoms with Crippen molar-refractivity contribution in [3.05, 3.63) is 33.3 Å². The lowest BCUT2D eigenvalue weighted by molar-refractivity contribution is -0.384. The second-order valence-electron chi connectivity index (χ2n) is 2.76. The van der Waals surface area contributed by atoms with Crippen molar-refractivity contribution in [3.8, 4) is 5.75 Å². The van der Waals surface area contributed by atoms with Gasteiger partial charge < -0.3 is 4.74 Å². The van der Waals surface area contributed by atoms with Crippen LogP contribution in [0.1, 0.15) is 6.42 Å². The summed E-state index contributed by atoms with van der Waals surface area (Å²) in [6.45, 7) is -0.343. The molecule has 0 saturated heterocycles. The first-order chi connectivity index (χ1) is 7.15. The fourth-order valence-electron chi connectivity index (χ4n) is 0.953. The van der Waals surface area contributed by atoms with Crippen molar-refractivity contribution in [2.24, 2.45) is 0 Å². The monoisotopic (exact) mass is 233 g/mol. The minimum Gasteiger partial charge on any atom is -0.492 e. The second-order valence-corrected chi connectivity index (χ2v) is 3.17. The molecule has 0 N–H and O–H groups in total. The molecule has 0 bridgehead atoms. The Hall–Kier alpha value is -1.36. The van der Waals surface area contributed by atoms with Crippen LogP contribution in [0.4, 0.5) is 10.1 Å². The molecule has 0 aromatic heterocycles. The molecule has 0 aliphatic carbocycles. The maximum atomic E-state index is 11.8. The maximum absolute atomic E-state index is 11.8. The van der Waals surface area contributed by atoms with Crippen molar-refractivity contribution in [3.63, 3.8) is 0 Å². The molecular weight excluding hydrogens is 225 g/mol. The van der Waals surface area contributed by atoms with Crippen molar-refractivity contribution in [2.45, 2.75) is 6.42 Å². The highest BCUT2D eigenvalue weighted by molar-refractivity contribution is 6.32. The molecule has 0 amide bonds. The van der Waals surface area contributed by atoms with Gasteiger partial charge in [0.05, 0.1) is 29.3 Å². The van der Waals surface area contributed by atoms with Crippen LogP contribution in [0.3, 0.4) is 0 Å². The Morgan fingerprint density at radius 2 is 2.27 bits per heavy atom. The van der Waals surface area contributed by atoms with E-state index in [4.69, 9.17) is 16.3 Å². The molecular formula is C9H9ClFNO3. The molecule has 0 radical (unpaired) electrons. The van der Waals surface area contributed by atoms with Gasteiger partial charge in [0.2, 0.25) is 0 Å². The average Bonchev–Trinajstić information content (AvgIpc) is 2.20. The van der Waals surface area contributed by atoms with E-state index in [1.54, 1.807) is 0 Å². The van der Waals surface area contributed by atoms with E-state index < -0.39 is 11.6 Å². The van der Waals surface area contributed by atoms with Crippen LogP contribution in [0.5, 0.6) is 5.75 Å². The zero-order chi connectivity index (χ0) is 11.3. The molecule has 0 spiro atoms. The van der Waals surface area contributed by atoms with E-state index in [0.29, 0.717) is 0 Å². The van der Waals surface area contributed by atoms with Crippen LogP contribution in [-0.4, -0.2) is 18.2 Å². The number of nitro benzene ring substituents is 1. The van der Waals surface area contributed by atoms with Gasteiger partial charge in [-0.15, -0.1) is 0 Å². The van der Waals surface area contributed by atoms with Crippen LogP contribution >= 0.6 is 11.6 Å². The first kappa shape index (κ1) is 11.7. The van der Waals surface area contributed by atoms with Gasteiger partial charge in [0.15, 0.2) is 0 Å². The molecule has 4 nitrogen and oxygen atoms in total. The highest BCUT2D eigenvalue weighted by Crippen LogP contribution is 2.28. The van der Waals surface area contributed by atoms with E-state index >= 15 is 0 Å².